The molecule has 6 saturated heterocycles. The summed E-state index contributed by atoms with van der Waals surface area (Å²) in [6.07, 6.45) is -8.58. The number of nitrogens with one attached hydrogen (secondary N) is 3. The Morgan fingerprint density at radius 1 is 0.325 bits per heavy atom. The molecule has 6 rings (SSSR count). The predicted octanol–water partition coefficient (Wildman–Crippen LogP) is 0.473. The zero-order chi connectivity index (χ0) is 87.6. The first-order chi connectivity index (χ1) is 57.8. The van der Waals surface area contributed by atoms with Gasteiger partial charge in [0.05, 0.1) is 58.4 Å². The molecule has 6 fully saturated rings. The summed E-state index contributed by atoms with van der Waals surface area (Å²) in [5.74, 6) is -2.06. The summed E-state index contributed by atoms with van der Waals surface area (Å²) < 4.78 is 71.1. The van der Waals surface area contributed by atoms with Crippen molar-refractivity contribution < 1.29 is 163 Å². The van der Waals surface area contributed by atoms with Crippen LogP contribution in [0.3, 0.4) is 0 Å². The number of aliphatic hydroxyl groups is 18. The largest absolute Gasteiger partial charge is 0.394 e. The molecule has 6 aliphatic rings. The highest BCUT2D eigenvalue weighted by Crippen LogP contribution is 2.38. The Kier molecular flexibility index (Phi) is 51.2. The average Bonchev–Trinajstić information content (AvgIpc) is 0.766. The maximum atomic E-state index is 13.6. The van der Waals surface area contributed by atoms with E-state index >= 15 is 0 Å². The summed E-state index contributed by atoms with van der Waals surface area (Å²) in [7, 11) is 0. The Balaban J connectivity index is 1.06. The molecule has 700 valence electrons. The molecule has 6 aliphatic heterocycles. The van der Waals surface area contributed by atoms with E-state index in [2.05, 4.69) is 41.9 Å². The van der Waals surface area contributed by atoms with Gasteiger partial charge >= 0.3 is 0 Å². The molecule has 0 aliphatic carbocycles. The molecule has 3 amide bonds. The Morgan fingerprint density at radius 2 is 0.642 bits per heavy atom. The molecular weight excluding hydrogens is 1580 g/mol. The first kappa shape index (κ1) is 105. The first-order valence-electron chi connectivity index (χ1n) is 44.6. The molecule has 0 aromatic heterocycles. The molecule has 0 saturated carbocycles. The molecule has 36 heteroatoms. The third kappa shape index (κ3) is 33.7. The number of hydrogen-bond donors (Lipinski definition) is 21. The number of allylic oxidation sites excluding steroid dienone is 3. The zero-order valence-corrected chi connectivity index (χ0v) is 70.9. The van der Waals surface area contributed by atoms with Crippen LogP contribution >= 0.6 is 0 Å². The van der Waals surface area contributed by atoms with Crippen molar-refractivity contribution in [2.45, 2.75) is 442 Å². The second-order valence-corrected chi connectivity index (χ2v) is 33.1. The lowest BCUT2D eigenvalue weighted by atomic mass is 9.93. The maximum absolute atomic E-state index is 13.6. The van der Waals surface area contributed by atoms with E-state index < -0.39 is 254 Å². The van der Waals surface area contributed by atoms with Crippen molar-refractivity contribution in [2.24, 2.45) is 0 Å². The highest BCUT2D eigenvalue weighted by atomic mass is 16.8. The highest BCUT2D eigenvalue weighted by molar-refractivity contribution is 5.76. The average molecular weight is 1730 g/mol. The van der Waals surface area contributed by atoms with Gasteiger partial charge in [-0.3, -0.25) is 14.4 Å². The van der Waals surface area contributed by atoms with Crippen molar-refractivity contribution in [2.75, 3.05) is 46.2 Å². The summed E-state index contributed by atoms with van der Waals surface area (Å²) >= 11 is 0. The minimum absolute atomic E-state index is 0.172. The van der Waals surface area contributed by atoms with Gasteiger partial charge in [-0.1, -0.05) is 205 Å². The summed E-state index contributed by atoms with van der Waals surface area (Å²) in [6.45, 7) is 0.0577. The van der Waals surface area contributed by atoms with Crippen molar-refractivity contribution >= 4 is 17.7 Å². The number of hydrogen-bond acceptors (Lipinski definition) is 33. The Labute approximate surface area is 706 Å². The van der Waals surface area contributed by atoms with Crippen LogP contribution in [-0.2, 0) is 71.2 Å². The summed E-state index contributed by atoms with van der Waals surface area (Å²) in [5.41, 5.74) is 0. The van der Waals surface area contributed by atoms with E-state index in [1.165, 1.54) is 148 Å². The molecule has 0 aromatic rings. The lowest BCUT2D eigenvalue weighted by Gasteiger charge is -2.51. The number of aliphatic hydroxyl groups excluding tert-OH is 18. The molecule has 12 unspecified atom stereocenters. The van der Waals surface area contributed by atoms with Crippen LogP contribution in [0.2, 0.25) is 0 Å². The standard InChI is InChI=1S/C84H151N3O33/c1-5-7-9-11-13-15-17-19-20-21-22-23-24-25-26-27-28-30-32-34-36-38-40-42-60(97)87-52(53(96)41-39-37-35-33-31-29-18-16-14-12-10-8-6-2)49-109-81-71(106)69(104)75(59(48-93)115-81)117-84-72(107)77(65(100)56(45-90)113-84)119-79-61(85-50(3)94)67(102)74(58(47-92)114-79)116-83-73(108)78(66(101)57(46-91)112-83)120-80-62(86-51(4)95)76(64(99)55(44-89)110-80)118-82-70(105)68(103)63(98)54(43-88)111-82/h19-20,39,41,52-59,61-84,88-93,96,98-108H,5-18,21-38,40,42-49H2,1-4H3,(H,85,94)(H,86,95)(H,87,97)/b20-19-,41-39+/t52-,53+,54?,55?,56?,57?,58?,59?,61?,62?,63-,64+,65-,66-,67+,68-,69+,70?,71?,72?,73?,74+,75+,76+,77-,78-,79-,80-,81+,82-,83-,84-/m0/s1. The molecule has 0 aromatic carbocycles. The molecular formula is C84H151N3O33. The van der Waals surface area contributed by atoms with Crippen LogP contribution in [0, 0.1) is 0 Å². The third-order valence-corrected chi connectivity index (χ3v) is 23.4. The van der Waals surface area contributed by atoms with Gasteiger partial charge < -0.3 is 165 Å². The van der Waals surface area contributed by atoms with Crippen LogP contribution in [-0.4, -0.2) is 352 Å². The second-order valence-electron chi connectivity index (χ2n) is 33.1. The maximum Gasteiger partial charge on any atom is 0.220 e. The normalized spacial score (nSPS) is 35.6. The minimum atomic E-state index is -2.26. The summed E-state index contributed by atoms with van der Waals surface area (Å²) in [6, 6.07) is -4.67. The summed E-state index contributed by atoms with van der Waals surface area (Å²) in [4.78, 5) is 39.4. The fourth-order valence-corrected chi connectivity index (χ4v) is 16.2. The van der Waals surface area contributed by atoms with E-state index in [-0.39, 0.29) is 12.3 Å². The van der Waals surface area contributed by atoms with Crippen LogP contribution in [0.1, 0.15) is 246 Å². The van der Waals surface area contributed by atoms with Gasteiger partial charge in [-0.2, -0.15) is 0 Å². The van der Waals surface area contributed by atoms with Crippen LogP contribution in [0.4, 0.5) is 0 Å². The van der Waals surface area contributed by atoms with E-state index in [4.69, 9.17) is 56.8 Å². The molecule has 120 heavy (non-hydrogen) atoms. The van der Waals surface area contributed by atoms with E-state index in [9.17, 15) is 106 Å². The van der Waals surface area contributed by atoms with Crippen LogP contribution in [0.25, 0.3) is 0 Å². The van der Waals surface area contributed by atoms with Gasteiger partial charge in [-0.15, -0.1) is 0 Å². The van der Waals surface area contributed by atoms with Crippen LogP contribution in [0.5, 0.6) is 0 Å². The number of carbonyl (C=O) groups excluding carboxylic acids is 3. The quantitative estimate of drug-likeness (QED) is 0.0291. The molecule has 0 radical (unpaired) electrons. The molecule has 6 heterocycles. The third-order valence-electron chi connectivity index (χ3n) is 23.4. The fourth-order valence-electron chi connectivity index (χ4n) is 16.2. The van der Waals surface area contributed by atoms with Gasteiger partial charge in [0, 0.05) is 20.3 Å². The molecule has 0 spiro atoms. The Hall–Kier alpha value is -3.31. The van der Waals surface area contributed by atoms with E-state index in [0.29, 0.717) is 12.8 Å². The number of rotatable bonds is 59. The number of carbonyl (C=O) groups is 3. The molecule has 32 atom stereocenters. The van der Waals surface area contributed by atoms with Crippen molar-refractivity contribution in [1.82, 2.24) is 16.0 Å². The van der Waals surface area contributed by atoms with Crippen molar-refractivity contribution in [3.8, 4) is 0 Å². The molecule has 21 N–H and O–H groups in total. The van der Waals surface area contributed by atoms with Crippen molar-refractivity contribution in [1.29, 1.82) is 0 Å². The van der Waals surface area contributed by atoms with Gasteiger partial charge in [0.2, 0.25) is 17.7 Å². The molecule has 36 nitrogen and oxygen atoms in total. The molecule has 0 bridgehead atoms. The topological polar surface area (TPSA) is 562 Å². The lowest BCUT2D eigenvalue weighted by Crippen LogP contribution is -2.71. The van der Waals surface area contributed by atoms with E-state index in [0.717, 1.165) is 65.2 Å². The minimum Gasteiger partial charge on any atom is -0.394 e. The zero-order valence-electron chi connectivity index (χ0n) is 70.9. The van der Waals surface area contributed by atoms with Gasteiger partial charge in [0.25, 0.3) is 0 Å². The van der Waals surface area contributed by atoms with Crippen LogP contribution < -0.4 is 16.0 Å². The second kappa shape index (κ2) is 58.2. The summed E-state index contributed by atoms with van der Waals surface area (Å²) in [5, 5.41) is 208. The monoisotopic (exact) mass is 1730 g/mol. The van der Waals surface area contributed by atoms with E-state index in [1.54, 1.807) is 6.08 Å². The number of amides is 3. The number of unbranched alkanes of at least 4 members (excludes halogenated alkanes) is 30. The van der Waals surface area contributed by atoms with Gasteiger partial charge in [0.15, 0.2) is 37.7 Å². The van der Waals surface area contributed by atoms with Crippen molar-refractivity contribution in [3.63, 3.8) is 0 Å². The smallest absolute Gasteiger partial charge is 0.220 e. The van der Waals surface area contributed by atoms with E-state index in [1.807, 2.05) is 6.08 Å². The fraction of sp³-hybridized carbons (Fsp3) is 0.917. The Bertz CT molecular complexity index is 2790. The number of ether oxygens (including phenoxy) is 12. The van der Waals surface area contributed by atoms with Crippen LogP contribution in [0.15, 0.2) is 24.3 Å². The van der Waals surface area contributed by atoms with Gasteiger partial charge in [-0.05, 0) is 44.9 Å². The highest BCUT2D eigenvalue weighted by Gasteiger charge is 2.59. The van der Waals surface area contributed by atoms with Crippen molar-refractivity contribution in [3.05, 3.63) is 24.3 Å². The predicted molar refractivity (Wildman–Crippen MR) is 431 cm³/mol. The lowest BCUT2D eigenvalue weighted by molar-refractivity contribution is -0.387. The van der Waals surface area contributed by atoms with Gasteiger partial charge in [-0.25, -0.2) is 0 Å². The first-order valence-corrected chi connectivity index (χ1v) is 44.6. The van der Waals surface area contributed by atoms with Gasteiger partial charge in [0.1, 0.15) is 146 Å². The SMILES string of the molecule is CCCCCCCC/C=C\CCCCCCCCCCCCCCCC(=O)N[C@@H](CO[C@@H]1OC(CO)[C@@H](O[C@@H]2OC(CO)[C@H](O)[C@H](O[C@@H]3OC(CO)[C@@H](O[C@@H]4OC(CO)[C@H](O)[C@H](O[C@@H]5OC(CO)[C@@H](O)[C@H](O[C@@H]6OC(CO)[C@H](O)[C@H](O)C6O)C5NC(C)=O)C4O)[C@H](O)C3NC(C)=O)C2O)[C@H](O)C1O)[C@H](O)/C=C/CCCCCCCCCCCCC. The Morgan fingerprint density at radius 3 is 1.07 bits per heavy atom.